The van der Waals surface area contributed by atoms with Crippen LogP contribution in [0.3, 0.4) is 0 Å². The SMILES string of the molecule is CC[C@@H]1COc2c(OC)c(OC)cc3c2N1[C@@H]1C[C@@H]2OC(=O)C[C@@]24C=CCN2CC[C@@]31[C@@H]24. The molecule has 2 spiro atoms. The van der Waals surface area contributed by atoms with Crippen LogP contribution >= 0.6 is 0 Å². The summed E-state index contributed by atoms with van der Waals surface area (Å²) in [6.45, 7) is 4.83. The molecule has 0 radical (unpaired) electrons. The van der Waals surface area contributed by atoms with E-state index >= 15 is 0 Å². The average Bonchev–Trinajstić information content (AvgIpc) is 3.44. The van der Waals surface area contributed by atoms with Crippen molar-refractivity contribution in [2.24, 2.45) is 5.41 Å². The number of benzene rings is 1. The molecule has 5 aliphatic heterocycles. The number of carbonyl (C=O) groups is 1. The van der Waals surface area contributed by atoms with E-state index in [0.29, 0.717) is 24.8 Å². The van der Waals surface area contributed by atoms with Crippen LogP contribution in [-0.4, -0.2) is 69.0 Å². The highest BCUT2D eigenvalue weighted by molar-refractivity contribution is 5.82. The van der Waals surface area contributed by atoms with Crippen molar-refractivity contribution in [1.82, 2.24) is 4.90 Å². The zero-order valence-corrected chi connectivity index (χ0v) is 18.9. The molecule has 5 heterocycles. The van der Waals surface area contributed by atoms with E-state index in [2.05, 4.69) is 34.9 Å². The molecule has 2 saturated heterocycles. The van der Waals surface area contributed by atoms with E-state index in [1.165, 1.54) is 11.3 Å². The molecule has 7 rings (SSSR count). The van der Waals surface area contributed by atoms with Crippen molar-refractivity contribution in [3.63, 3.8) is 0 Å². The first-order valence-corrected chi connectivity index (χ1v) is 11.9. The quantitative estimate of drug-likeness (QED) is 0.531. The molecule has 32 heavy (non-hydrogen) atoms. The molecule has 0 N–H and O–H groups in total. The van der Waals surface area contributed by atoms with Gasteiger partial charge < -0.3 is 23.8 Å². The summed E-state index contributed by atoms with van der Waals surface area (Å²) in [7, 11) is 3.38. The minimum absolute atomic E-state index is 0.0502. The molecule has 0 bridgehead atoms. The number of nitrogens with zero attached hydrogens (tertiary/aromatic N) is 2. The summed E-state index contributed by atoms with van der Waals surface area (Å²) in [5.74, 6) is 2.17. The van der Waals surface area contributed by atoms with E-state index < -0.39 is 0 Å². The van der Waals surface area contributed by atoms with Crippen LogP contribution in [0.15, 0.2) is 18.2 Å². The minimum Gasteiger partial charge on any atom is -0.493 e. The number of esters is 1. The zero-order valence-electron chi connectivity index (χ0n) is 18.9. The Morgan fingerprint density at radius 1 is 1.28 bits per heavy atom. The van der Waals surface area contributed by atoms with Crippen LogP contribution in [-0.2, 0) is 14.9 Å². The van der Waals surface area contributed by atoms with Gasteiger partial charge in [0, 0.05) is 30.5 Å². The summed E-state index contributed by atoms with van der Waals surface area (Å²) in [5.41, 5.74) is 2.16. The van der Waals surface area contributed by atoms with Crippen LogP contribution in [0.25, 0.3) is 0 Å². The lowest BCUT2D eigenvalue weighted by atomic mass is 9.53. The first kappa shape index (κ1) is 19.1. The fraction of sp³-hybridized carbons (Fsp3) is 0.640. The number of rotatable bonds is 3. The van der Waals surface area contributed by atoms with Gasteiger partial charge in [0.2, 0.25) is 5.75 Å². The van der Waals surface area contributed by atoms with Crippen LogP contribution in [0.5, 0.6) is 17.2 Å². The van der Waals surface area contributed by atoms with E-state index in [-0.39, 0.29) is 35.0 Å². The Morgan fingerprint density at radius 2 is 2.16 bits per heavy atom. The molecule has 170 valence electrons. The normalized spacial score (nSPS) is 40.2. The maximum absolute atomic E-state index is 12.6. The molecule has 1 saturated carbocycles. The molecule has 3 fully saturated rings. The van der Waals surface area contributed by atoms with Crippen molar-refractivity contribution < 1.29 is 23.7 Å². The Bertz CT molecular complexity index is 1060. The van der Waals surface area contributed by atoms with Gasteiger partial charge in [-0.25, -0.2) is 0 Å². The number of carbonyl (C=O) groups excluding carboxylic acids is 1. The van der Waals surface area contributed by atoms with Crippen molar-refractivity contribution in [1.29, 1.82) is 0 Å². The zero-order chi connectivity index (χ0) is 21.8. The maximum Gasteiger partial charge on any atom is 0.307 e. The third-order valence-electron chi connectivity index (χ3n) is 9.28. The first-order valence-electron chi connectivity index (χ1n) is 11.9. The van der Waals surface area contributed by atoms with Gasteiger partial charge in [0.1, 0.15) is 12.7 Å². The summed E-state index contributed by atoms with van der Waals surface area (Å²) >= 11 is 0. The highest BCUT2D eigenvalue weighted by atomic mass is 16.6. The maximum atomic E-state index is 12.6. The molecular formula is C25H30N2O5. The molecule has 1 aliphatic carbocycles. The highest BCUT2D eigenvalue weighted by Crippen LogP contribution is 2.69. The van der Waals surface area contributed by atoms with Crippen LogP contribution < -0.4 is 19.1 Å². The largest absolute Gasteiger partial charge is 0.493 e. The van der Waals surface area contributed by atoms with Gasteiger partial charge in [-0.05, 0) is 31.0 Å². The smallest absolute Gasteiger partial charge is 0.307 e. The molecule has 1 aromatic rings. The lowest BCUT2D eigenvalue weighted by molar-refractivity contribution is -0.143. The van der Waals surface area contributed by atoms with Gasteiger partial charge in [-0.2, -0.15) is 0 Å². The van der Waals surface area contributed by atoms with Gasteiger partial charge in [0.25, 0.3) is 0 Å². The van der Waals surface area contributed by atoms with E-state index in [9.17, 15) is 4.79 Å². The number of hydrogen-bond acceptors (Lipinski definition) is 7. The molecule has 6 aliphatic rings. The molecular weight excluding hydrogens is 408 g/mol. The number of fused-ring (bicyclic) bond motifs is 1. The second kappa shape index (κ2) is 6.13. The monoisotopic (exact) mass is 438 g/mol. The van der Waals surface area contributed by atoms with Crippen LogP contribution in [0.4, 0.5) is 5.69 Å². The Balaban J connectivity index is 1.53. The molecule has 7 nitrogen and oxygen atoms in total. The number of ether oxygens (including phenoxy) is 4. The minimum atomic E-state index is -0.250. The third-order valence-corrected chi connectivity index (χ3v) is 9.28. The van der Waals surface area contributed by atoms with E-state index in [0.717, 1.165) is 43.9 Å². The van der Waals surface area contributed by atoms with Crippen molar-refractivity contribution in [2.45, 2.75) is 62.3 Å². The Kier molecular flexibility index (Phi) is 3.66. The summed E-state index contributed by atoms with van der Waals surface area (Å²) < 4.78 is 24.0. The topological polar surface area (TPSA) is 60.5 Å². The number of hydrogen-bond donors (Lipinski definition) is 0. The number of anilines is 1. The van der Waals surface area contributed by atoms with Gasteiger partial charge in [0.05, 0.1) is 37.8 Å². The van der Waals surface area contributed by atoms with Gasteiger partial charge >= 0.3 is 5.97 Å². The molecule has 0 aromatic heterocycles. The van der Waals surface area contributed by atoms with Crippen LogP contribution in [0, 0.1) is 5.41 Å². The Labute approximate surface area is 188 Å². The summed E-state index contributed by atoms with van der Waals surface area (Å²) in [4.78, 5) is 17.9. The fourth-order valence-corrected chi connectivity index (χ4v) is 8.26. The molecule has 0 amide bonds. The molecule has 6 atom stereocenters. The summed E-state index contributed by atoms with van der Waals surface area (Å²) in [5, 5.41) is 0. The van der Waals surface area contributed by atoms with Crippen LogP contribution in [0.1, 0.15) is 38.2 Å². The molecule has 1 aromatic carbocycles. The summed E-state index contributed by atoms with van der Waals surface area (Å²) in [6.07, 6.45) is 7.92. The standard InChI is InChI=1S/C25H30N2O5/c1-4-14-13-31-22-20-15(10-16(29-2)21(22)30-3)25-7-9-26-8-5-6-24(23(25)26)12-19(28)32-18(24)11-17(25)27(14)20/h5-6,10,14,17-18,23H,4,7-9,11-13H2,1-3H3/t14-,17-,18+,23+,24+,25-/m1/s1. The Morgan fingerprint density at radius 3 is 2.94 bits per heavy atom. The van der Waals surface area contributed by atoms with E-state index in [1.54, 1.807) is 14.2 Å². The van der Waals surface area contributed by atoms with Crippen molar-refractivity contribution in [3.05, 3.63) is 23.8 Å². The first-order chi connectivity index (χ1) is 15.6. The number of methoxy groups -OCH3 is 2. The lowest BCUT2D eigenvalue weighted by Gasteiger charge is -2.57. The van der Waals surface area contributed by atoms with E-state index in [1.807, 2.05) is 0 Å². The van der Waals surface area contributed by atoms with Gasteiger partial charge in [0.15, 0.2) is 11.5 Å². The second-order valence-electron chi connectivity index (χ2n) is 10.2. The third kappa shape index (κ3) is 1.93. The predicted octanol–water partition coefficient (Wildman–Crippen LogP) is 2.65. The van der Waals surface area contributed by atoms with Gasteiger partial charge in [-0.1, -0.05) is 19.1 Å². The lowest BCUT2D eigenvalue weighted by Crippen LogP contribution is -2.68. The van der Waals surface area contributed by atoms with Crippen molar-refractivity contribution in [2.75, 3.05) is 38.8 Å². The van der Waals surface area contributed by atoms with Crippen molar-refractivity contribution in [3.8, 4) is 17.2 Å². The Hall–Kier alpha value is -2.41. The second-order valence-corrected chi connectivity index (χ2v) is 10.2. The van der Waals surface area contributed by atoms with Gasteiger partial charge in [-0.15, -0.1) is 0 Å². The van der Waals surface area contributed by atoms with Gasteiger partial charge in [-0.3, -0.25) is 9.69 Å². The fourth-order valence-electron chi connectivity index (χ4n) is 8.26. The molecule has 0 unspecified atom stereocenters. The average molecular weight is 439 g/mol. The predicted molar refractivity (Wildman–Crippen MR) is 118 cm³/mol. The highest BCUT2D eigenvalue weighted by Gasteiger charge is 2.74. The molecule has 7 heteroatoms. The summed E-state index contributed by atoms with van der Waals surface area (Å²) in [6, 6.07) is 3.01. The van der Waals surface area contributed by atoms with E-state index in [4.69, 9.17) is 18.9 Å². The van der Waals surface area contributed by atoms with Crippen LogP contribution in [0.2, 0.25) is 0 Å². The van der Waals surface area contributed by atoms with Crippen molar-refractivity contribution >= 4 is 11.7 Å².